The summed E-state index contributed by atoms with van der Waals surface area (Å²) in [4.78, 5) is 96.2. The van der Waals surface area contributed by atoms with Gasteiger partial charge in [0, 0.05) is 44.1 Å². The maximum atomic E-state index is 14.0. The minimum atomic E-state index is -0.975. The van der Waals surface area contributed by atoms with Crippen LogP contribution in [0, 0.1) is 11.8 Å². The van der Waals surface area contributed by atoms with Crippen molar-refractivity contribution in [3.63, 3.8) is 0 Å². The van der Waals surface area contributed by atoms with E-state index in [0.717, 1.165) is 148 Å². The van der Waals surface area contributed by atoms with E-state index >= 15 is 0 Å². The standard InChI is InChI=1S/C60H104N2O14/c1-6-10-14-18-22-26-33-54(63)70-45-49(46-71-55(64)34-27-23-19-15-11-7-2)40-58(67)74-52-37-38-53(44-62(43-52)60(69)76-51-32-30-31-39-61(5)42-51)75-59(68)41-50(47-72-56(65)35-28-24-20-16-12-8-3)48-73-57(66)36-29-25-21-17-13-9-4/h37-38,49-53H,6-36,39-48H2,1-5H3/t51?,52-,53+. The molecule has 1 saturated heterocycles. The molecule has 2 heterocycles. The Morgan fingerprint density at radius 3 is 1.09 bits per heavy atom. The molecule has 76 heavy (non-hydrogen) atoms. The van der Waals surface area contributed by atoms with Crippen molar-refractivity contribution in [2.24, 2.45) is 11.8 Å². The minimum Gasteiger partial charge on any atom is -0.465 e. The van der Waals surface area contributed by atoms with Crippen LogP contribution >= 0.6 is 0 Å². The van der Waals surface area contributed by atoms with E-state index in [1.54, 1.807) is 12.2 Å². The van der Waals surface area contributed by atoms with E-state index in [9.17, 15) is 33.6 Å². The SMILES string of the molecule is CCCCCCCCC(=O)OCC(COC(=O)CCCCCCCC)CC(=O)O[C@@H]1C=C[C@H](OC(=O)CC(COC(=O)CCCCCCCC)COC(=O)CCCCCCCC)CN(C(=O)OC2CCCCN(C)C2)C1. The molecule has 0 aromatic rings. The van der Waals surface area contributed by atoms with Crippen molar-refractivity contribution in [2.75, 3.05) is 59.7 Å². The van der Waals surface area contributed by atoms with Crippen molar-refractivity contribution in [3.05, 3.63) is 12.2 Å². The molecule has 0 spiro atoms. The van der Waals surface area contributed by atoms with Crippen LogP contribution in [0.15, 0.2) is 12.2 Å². The summed E-state index contributed by atoms with van der Waals surface area (Å²) in [6.45, 7) is 9.29. The van der Waals surface area contributed by atoms with Gasteiger partial charge in [-0.3, -0.25) is 28.8 Å². The predicted molar refractivity (Wildman–Crippen MR) is 294 cm³/mol. The fourth-order valence-corrected chi connectivity index (χ4v) is 9.35. The first-order valence-electron chi connectivity index (χ1n) is 30.2. The number of likely N-dealkylation sites (tertiary alicyclic amines) is 1. The fourth-order valence-electron chi connectivity index (χ4n) is 9.35. The predicted octanol–water partition coefficient (Wildman–Crippen LogP) is 12.5. The second kappa shape index (κ2) is 44.7. The molecule has 0 bridgehead atoms. The Labute approximate surface area is 458 Å². The molecule has 1 amide bonds. The molecule has 0 aromatic heterocycles. The molecule has 3 atom stereocenters. The van der Waals surface area contributed by atoms with Gasteiger partial charge in [0.15, 0.2) is 0 Å². The Morgan fingerprint density at radius 1 is 0.421 bits per heavy atom. The molecule has 0 aromatic carbocycles. The molecule has 16 nitrogen and oxygen atoms in total. The third-order valence-electron chi connectivity index (χ3n) is 14.0. The van der Waals surface area contributed by atoms with E-state index in [4.69, 9.17) is 33.2 Å². The quantitative estimate of drug-likeness (QED) is 0.0242. The van der Waals surface area contributed by atoms with Gasteiger partial charge >= 0.3 is 41.9 Å². The lowest BCUT2D eigenvalue weighted by atomic mass is 10.1. The van der Waals surface area contributed by atoms with Crippen LogP contribution in [-0.4, -0.2) is 130 Å². The third-order valence-corrected chi connectivity index (χ3v) is 14.0. The maximum Gasteiger partial charge on any atom is 0.410 e. The van der Waals surface area contributed by atoms with Crippen LogP contribution in [0.3, 0.4) is 0 Å². The first-order valence-corrected chi connectivity index (χ1v) is 30.2. The largest absolute Gasteiger partial charge is 0.465 e. The third kappa shape index (κ3) is 36.0. The molecule has 16 heteroatoms. The molecular weight excluding hydrogens is 973 g/mol. The average Bonchev–Trinajstić information content (AvgIpc) is 3.73. The molecule has 1 fully saturated rings. The zero-order valence-corrected chi connectivity index (χ0v) is 48.1. The van der Waals surface area contributed by atoms with E-state index in [0.29, 0.717) is 38.6 Å². The number of rotatable bonds is 43. The Morgan fingerprint density at radius 2 is 0.750 bits per heavy atom. The van der Waals surface area contributed by atoms with Gasteiger partial charge in [0.2, 0.25) is 0 Å². The number of carbonyl (C=O) groups is 7. The fraction of sp³-hybridized carbons (Fsp3) is 0.850. The van der Waals surface area contributed by atoms with Gasteiger partial charge in [-0.2, -0.15) is 0 Å². The number of esters is 6. The second-order valence-corrected chi connectivity index (χ2v) is 21.6. The zero-order valence-electron chi connectivity index (χ0n) is 48.1. The number of hydrogen-bond acceptors (Lipinski definition) is 15. The van der Waals surface area contributed by atoms with E-state index < -0.39 is 42.1 Å². The number of carbonyl (C=O) groups excluding carboxylic acids is 7. The lowest BCUT2D eigenvalue weighted by molar-refractivity contribution is -0.157. The van der Waals surface area contributed by atoms with Gasteiger partial charge in [-0.05, 0) is 70.7 Å². The van der Waals surface area contributed by atoms with Crippen molar-refractivity contribution in [1.82, 2.24) is 9.80 Å². The monoisotopic (exact) mass is 1080 g/mol. The van der Waals surface area contributed by atoms with Crippen molar-refractivity contribution in [1.29, 1.82) is 0 Å². The molecule has 0 N–H and O–H groups in total. The van der Waals surface area contributed by atoms with Crippen LogP contribution < -0.4 is 0 Å². The van der Waals surface area contributed by atoms with Gasteiger partial charge in [0.25, 0.3) is 0 Å². The average molecular weight is 1080 g/mol. The summed E-state index contributed by atoms with van der Waals surface area (Å²) in [6.07, 6.45) is 27.6. The smallest absolute Gasteiger partial charge is 0.410 e. The van der Waals surface area contributed by atoms with Crippen LogP contribution in [0.5, 0.6) is 0 Å². The molecule has 438 valence electrons. The lowest BCUT2D eigenvalue weighted by Gasteiger charge is -2.28. The molecule has 2 aliphatic heterocycles. The van der Waals surface area contributed by atoms with Crippen LogP contribution in [-0.2, 0) is 61.9 Å². The minimum absolute atomic E-state index is 0.103. The normalized spacial score (nSPS) is 16.9. The number of unbranched alkanes of at least 4 members (excludes halogenated alkanes) is 20. The highest BCUT2D eigenvalue weighted by Crippen LogP contribution is 2.21. The van der Waals surface area contributed by atoms with E-state index in [-0.39, 0.29) is 108 Å². The highest BCUT2D eigenvalue weighted by Gasteiger charge is 2.32. The summed E-state index contributed by atoms with van der Waals surface area (Å²) in [5.74, 6) is -4.20. The summed E-state index contributed by atoms with van der Waals surface area (Å²) in [5, 5.41) is 0. The number of ether oxygens (including phenoxy) is 7. The van der Waals surface area contributed by atoms with E-state index in [1.165, 1.54) is 4.90 Å². The van der Waals surface area contributed by atoms with Gasteiger partial charge in [-0.25, -0.2) is 4.79 Å². The van der Waals surface area contributed by atoms with Gasteiger partial charge in [-0.1, -0.05) is 156 Å². The van der Waals surface area contributed by atoms with Gasteiger partial charge in [0.1, 0.15) is 18.3 Å². The van der Waals surface area contributed by atoms with E-state index in [1.807, 2.05) is 7.05 Å². The Bertz CT molecular complexity index is 1460. The van der Waals surface area contributed by atoms with Crippen LogP contribution in [0.2, 0.25) is 0 Å². The van der Waals surface area contributed by atoms with Crippen molar-refractivity contribution < 1.29 is 66.7 Å². The highest BCUT2D eigenvalue weighted by molar-refractivity contribution is 5.73. The topological polar surface area (TPSA) is 191 Å². The van der Waals surface area contributed by atoms with Crippen LogP contribution in [0.1, 0.15) is 240 Å². The van der Waals surface area contributed by atoms with Crippen LogP contribution in [0.4, 0.5) is 4.79 Å². The maximum absolute atomic E-state index is 14.0. The van der Waals surface area contributed by atoms with Gasteiger partial charge < -0.3 is 43.0 Å². The first-order chi connectivity index (χ1) is 36.8. The number of amides is 1. The molecule has 0 saturated carbocycles. The molecule has 2 aliphatic rings. The Hall–Kier alpha value is -4.21. The summed E-state index contributed by atoms with van der Waals surface area (Å²) in [7, 11) is 1.98. The second-order valence-electron chi connectivity index (χ2n) is 21.6. The van der Waals surface area contributed by atoms with Gasteiger partial charge in [-0.15, -0.1) is 0 Å². The summed E-state index contributed by atoms with van der Waals surface area (Å²) in [6, 6.07) is 0. The first kappa shape index (κ1) is 67.9. The molecule has 0 aliphatic carbocycles. The molecule has 1 unspecified atom stereocenters. The summed E-state index contributed by atoms with van der Waals surface area (Å²) >= 11 is 0. The molecule has 0 radical (unpaired) electrons. The number of nitrogens with zero attached hydrogens (tertiary/aromatic N) is 2. The lowest BCUT2D eigenvalue weighted by Crippen LogP contribution is -2.44. The van der Waals surface area contributed by atoms with Crippen molar-refractivity contribution in [3.8, 4) is 0 Å². The summed E-state index contributed by atoms with van der Waals surface area (Å²) < 4.78 is 40.5. The zero-order chi connectivity index (χ0) is 55.4. The number of hydrogen-bond donors (Lipinski definition) is 0. The molecular formula is C60H104N2O14. The van der Waals surface area contributed by atoms with E-state index in [2.05, 4.69) is 32.6 Å². The Kier molecular flexibility index (Phi) is 40.0. The van der Waals surface area contributed by atoms with Crippen molar-refractivity contribution >= 4 is 41.9 Å². The van der Waals surface area contributed by atoms with Crippen LogP contribution in [0.25, 0.3) is 0 Å². The Balaban J connectivity index is 2.22. The molecule has 2 rings (SSSR count). The van der Waals surface area contributed by atoms with Gasteiger partial charge in [0.05, 0.1) is 52.4 Å². The number of likely N-dealkylation sites (N-methyl/N-ethyl adjacent to an activating group) is 1. The summed E-state index contributed by atoms with van der Waals surface area (Å²) in [5.41, 5.74) is 0. The van der Waals surface area contributed by atoms with Crippen molar-refractivity contribution in [2.45, 2.75) is 258 Å². The highest BCUT2D eigenvalue weighted by atomic mass is 16.6.